The van der Waals surface area contributed by atoms with Crippen molar-refractivity contribution in [1.29, 1.82) is 5.41 Å². The van der Waals surface area contributed by atoms with E-state index in [0.717, 1.165) is 6.20 Å². The Balaban J connectivity index is 2.49. The zero-order chi connectivity index (χ0) is 17.7. The predicted molar refractivity (Wildman–Crippen MR) is 89.7 cm³/mol. The van der Waals surface area contributed by atoms with Crippen molar-refractivity contribution in [3.05, 3.63) is 47.2 Å². The quantitative estimate of drug-likeness (QED) is 0.602. The molecule has 0 aliphatic rings. The molecule has 0 spiro atoms. The average Bonchev–Trinajstić information content (AvgIpc) is 2.55. The van der Waals surface area contributed by atoms with Gasteiger partial charge >= 0.3 is 0 Å². The number of ether oxygens (including phenoxy) is 1. The number of hydrogen-bond donors (Lipinski definition) is 2. The number of carbonyl (C=O) groups excluding carboxylic acids is 1. The van der Waals surface area contributed by atoms with Gasteiger partial charge in [0.05, 0.1) is 24.2 Å². The minimum absolute atomic E-state index is 0.0339. The third-order valence-corrected chi connectivity index (χ3v) is 3.12. The van der Waals surface area contributed by atoms with Gasteiger partial charge in [0.25, 0.3) is 0 Å². The summed E-state index contributed by atoms with van der Waals surface area (Å²) in [7, 11) is 0. The molecular formula is C17H19FN4O2. The summed E-state index contributed by atoms with van der Waals surface area (Å²) in [6, 6.07) is 3.02. The SMILES string of the molecule is CCOc1cc(C(=N)c2ncc(C=O)cc2NC(C)C)c(F)cn1. The second-order valence-corrected chi connectivity index (χ2v) is 5.39. The Labute approximate surface area is 139 Å². The van der Waals surface area contributed by atoms with Crippen molar-refractivity contribution in [2.75, 3.05) is 11.9 Å². The lowest BCUT2D eigenvalue weighted by Gasteiger charge is -2.15. The number of aromatic nitrogens is 2. The topological polar surface area (TPSA) is 88.0 Å². The Morgan fingerprint density at radius 2 is 2.12 bits per heavy atom. The fraction of sp³-hybridized carbons (Fsp3) is 0.294. The Bertz CT molecular complexity index is 762. The van der Waals surface area contributed by atoms with Crippen molar-refractivity contribution < 1.29 is 13.9 Å². The summed E-state index contributed by atoms with van der Waals surface area (Å²) in [5.41, 5.74) is 1.04. The molecule has 0 amide bonds. The van der Waals surface area contributed by atoms with Crippen molar-refractivity contribution in [3.8, 4) is 5.88 Å². The van der Waals surface area contributed by atoms with Crippen LogP contribution in [0.4, 0.5) is 10.1 Å². The minimum atomic E-state index is -0.639. The molecule has 0 aliphatic carbocycles. The van der Waals surface area contributed by atoms with Gasteiger partial charge in [-0.1, -0.05) is 0 Å². The van der Waals surface area contributed by atoms with E-state index >= 15 is 0 Å². The number of nitrogens with zero attached hydrogens (tertiary/aromatic N) is 2. The Morgan fingerprint density at radius 1 is 1.38 bits per heavy atom. The van der Waals surface area contributed by atoms with Crippen LogP contribution < -0.4 is 10.1 Å². The Kier molecular flexibility index (Phi) is 5.57. The molecule has 0 radical (unpaired) electrons. The highest BCUT2D eigenvalue weighted by atomic mass is 19.1. The molecule has 2 heterocycles. The average molecular weight is 330 g/mol. The third-order valence-electron chi connectivity index (χ3n) is 3.12. The van der Waals surface area contributed by atoms with Gasteiger partial charge in [-0.05, 0) is 26.8 Å². The van der Waals surface area contributed by atoms with Crippen LogP contribution in [0.1, 0.15) is 42.4 Å². The fourth-order valence-corrected chi connectivity index (χ4v) is 2.13. The zero-order valence-corrected chi connectivity index (χ0v) is 13.8. The number of aldehydes is 1. The number of nitrogens with one attached hydrogen (secondary N) is 2. The number of halogens is 1. The van der Waals surface area contributed by atoms with E-state index in [-0.39, 0.29) is 28.9 Å². The first-order valence-corrected chi connectivity index (χ1v) is 7.55. The molecule has 6 nitrogen and oxygen atoms in total. The molecule has 2 N–H and O–H groups in total. The van der Waals surface area contributed by atoms with Crippen molar-refractivity contribution >= 4 is 17.7 Å². The number of pyridine rings is 2. The smallest absolute Gasteiger partial charge is 0.214 e. The summed E-state index contributed by atoms with van der Waals surface area (Å²) in [5.74, 6) is -0.401. The van der Waals surface area contributed by atoms with Gasteiger partial charge in [0.15, 0.2) is 12.1 Å². The molecule has 0 saturated heterocycles. The van der Waals surface area contributed by atoms with Crippen molar-refractivity contribution in [2.24, 2.45) is 0 Å². The predicted octanol–water partition coefficient (Wildman–Crippen LogP) is 3.06. The number of rotatable bonds is 7. The second kappa shape index (κ2) is 7.63. The molecule has 126 valence electrons. The van der Waals surface area contributed by atoms with Crippen LogP contribution in [0.25, 0.3) is 0 Å². The van der Waals surface area contributed by atoms with E-state index in [1.165, 1.54) is 12.3 Å². The van der Waals surface area contributed by atoms with E-state index in [1.807, 2.05) is 13.8 Å². The van der Waals surface area contributed by atoms with E-state index in [1.54, 1.807) is 13.0 Å². The van der Waals surface area contributed by atoms with Crippen molar-refractivity contribution in [3.63, 3.8) is 0 Å². The molecule has 0 aromatic carbocycles. The van der Waals surface area contributed by atoms with E-state index in [2.05, 4.69) is 15.3 Å². The van der Waals surface area contributed by atoms with Gasteiger partial charge < -0.3 is 10.1 Å². The van der Waals surface area contributed by atoms with Gasteiger partial charge in [-0.15, -0.1) is 0 Å². The van der Waals surface area contributed by atoms with E-state index in [4.69, 9.17) is 10.1 Å². The Morgan fingerprint density at radius 3 is 2.75 bits per heavy atom. The highest BCUT2D eigenvalue weighted by Gasteiger charge is 2.18. The summed E-state index contributed by atoms with van der Waals surface area (Å²) in [6.45, 7) is 6.01. The summed E-state index contributed by atoms with van der Waals surface area (Å²) in [5, 5.41) is 11.5. The van der Waals surface area contributed by atoms with Gasteiger partial charge in [0.2, 0.25) is 5.88 Å². The van der Waals surface area contributed by atoms with Gasteiger partial charge in [-0.2, -0.15) is 0 Å². The molecule has 0 fully saturated rings. The molecule has 7 heteroatoms. The molecule has 0 unspecified atom stereocenters. The summed E-state index contributed by atoms with van der Waals surface area (Å²) < 4.78 is 19.4. The van der Waals surface area contributed by atoms with E-state index < -0.39 is 5.82 Å². The van der Waals surface area contributed by atoms with Gasteiger partial charge in [0.1, 0.15) is 5.69 Å². The highest BCUT2D eigenvalue weighted by molar-refractivity contribution is 6.13. The first-order chi connectivity index (χ1) is 11.5. The lowest BCUT2D eigenvalue weighted by molar-refractivity contribution is 0.112. The van der Waals surface area contributed by atoms with Crippen LogP contribution in [0.15, 0.2) is 24.5 Å². The largest absolute Gasteiger partial charge is 0.478 e. The zero-order valence-electron chi connectivity index (χ0n) is 13.8. The fourth-order valence-electron chi connectivity index (χ4n) is 2.13. The van der Waals surface area contributed by atoms with Crippen LogP contribution in [-0.2, 0) is 0 Å². The summed E-state index contributed by atoms with van der Waals surface area (Å²) in [4.78, 5) is 18.9. The van der Waals surface area contributed by atoms with Gasteiger partial charge in [-0.3, -0.25) is 15.2 Å². The maximum absolute atomic E-state index is 14.1. The number of anilines is 1. The molecule has 2 aromatic heterocycles. The molecule has 2 aromatic rings. The first-order valence-electron chi connectivity index (χ1n) is 7.55. The lowest BCUT2D eigenvalue weighted by atomic mass is 10.0. The Hall–Kier alpha value is -2.83. The normalized spacial score (nSPS) is 10.5. The standard InChI is InChI=1S/C17H19FN4O2/c1-4-24-15-6-12(13(18)8-20-15)16(19)17-14(22-10(2)3)5-11(9-23)7-21-17/h5-10,19,22H,4H2,1-3H3. The number of hydrogen-bond acceptors (Lipinski definition) is 6. The molecule has 2 rings (SSSR count). The van der Waals surface area contributed by atoms with Crippen LogP contribution in [0.5, 0.6) is 5.88 Å². The highest BCUT2D eigenvalue weighted by Crippen LogP contribution is 2.22. The molecule has 0 saturated carbocycles. The van der Waals surface area contributed by atoms with Crippen molar-refractivity contribution in [2.45, 2.75) is 26.8 Å². The second-order valence-electron chi connectivity index (χ2n) is 5.39. The van der Waals surface area contributed by atoms with E-state index in [9.17, 15) is 9.18 Å². The van der Waals surface area contributed by atoms with Crippen LogP contribution >= 0.6 is 0 Å². The third kappa shape index (κ3) is 3.92. The lowest BCUT2D eigenvalue weighted by Crippen LogP contribution is -2.16. The molecular weight excluding hydrogens is 311 g/mol. The summed E-state index contributed by atoms with van der Waals surface area (Å²) in [6.07, 6.45) is 3.04. The molecule has 0 bridgehead atoms. The van der Waals surface area contributed by atoms with Crippen LogP contribution in [0, 0.1) is 11.2 Å². The van der Waals surface area contributed by atoms with Crippen molar-refractivity contribution in [1.82, 2.24) is 9.97 Å². The van der Waals surface area contributed by atoms with E-state index in [0.29, 0.717) is 24.1 Å². The maximum Gasteiger partial charge on any atom is 0.214 e. The molecule has 0 atom stereocenters. The van der Waals surface area contributed by atoms with Gasteiger partial charge in [0, 0.05) is 29.4 Å². The maximum atomic E-state index is 14.1. The molecule has 24 heavy (non-hydrogen) atoms. The van der Waals surface area contributed by atoms with Gasteiger partial charge in [-0.25, -0.2) is 9.37 Å². The van der Waals surface area contributed by atoms with Crippen LogP contribution in [0.2, 0.25) is 0 Å². The molecule has 0 aliphatic heterocycles. The first kappa shape index (κ1) is 17.5. The number of carbonyl (C=O) groups is 1. The van der Waals surface area contributed by atoms with Crippen LogP contribution in [0.3, 0.4) is 0 Å². The van der Waals surface area contributed by atoms with Crippen LogP contribution in [-0.4, -0.2) is 34.6 Å². The summed E-state index contributed by atoms with van der Waals surface area (Å²) >= 11 is 0. The monoisotopic (exact) mass is 330 g/mol. The minimum Gasteiger partial charge on any atom is -0.478 e.